The highest BCUT2D eigenvalue weighted by atomic mass is 32.1. The highest BCUT2D eigenvalue weighted by molar-refractivity contribution is 7.80. The maximum absolute atomic E-state index is 13.2. The third-order valence-corrected chi connectivity index (χ3v) is 4.90. The summed E-state index contributed by atoms with van der Waals surface area (Å²) >= 11 is 5.40. The van der Waals surface area contributed by atoms with Crippen LogP contribution in [0.25, 0.3) is 0 Å². The third kappa shape index (κ3) is 3.80. The molecular weight excluding hydrogens is 313 g/mol. The number of carbonyl (C=O) groups excluding carboxylic acids is 1. The van der Waals surface area contributed by atoms with Crippen molar-refractivity contribution in [3.8, 4) is 0 Å². The normalized spacial score (nSPS) is 23.7. The van der Waals surface area contributed by atoms with Gasteiger partial charge in [-0.2, -0.15) is 0 Å². The van der Waals surface area contributed by atoms with Gasteiger partial charge < -0.3 is 15.5 Å². The van der Waals surface area contributed by atoms with E-state index in [1.807, 2.05) is 11.8 Å². The number of hydrogen-bond donors (Lipinski definition) is 2. The largest absolute Gasteiger partial charge is 0.363 e. The number of carbonyl (C=O) groups is 1. The molecule has 0 aromatic heterocycles. The first kappa shape index (κ1) is 16.2. The van der Waals surface area contributed by atoms with Crippen LogP contribution in [-0.4, -0.2) is 41.6 Å². The second-order valence-electron chi connectivity index (χ2n) is 6.29. The molecule has 1 aliphatic carbocycles. The van der Waals surface area contributed by atoms with E-state index in [4.69, 9.17) is 12.2 Å². The molecule has 1 aromatic rings. The molecule has 4 nitrogen and oxygen atoms in total. The maximum Gasteiger partial charge on any atom is 0.225 e. The first-order chi connectivity index (χ1) is 11.1. The molecule has 0 bridgehead atoms. The van der Waals surface area contributed by atoms with E-state index in [2.05, 4.69) is 10.6 Å². The Morgan fingerprint density at radius 1 is 1.30 bits per heavy atom. The zero-order valence-corrected chi connectivity index (χ0v) is 14.0. The number of benzene rings is 1. The lowest BCUT2D eigenvalue weighted by Gasteiger charge is -2.19. The summed E-state index contributed by atoms with van der Waals surface area (Å²) in [6.45, 7) is 4.04. The summed E-state index contributed by atoms with van der Waals surface area (Å²) in [5, 5.41) is 6.92. The fourth-order valence-corrected chi connectivity index (χ4v) is 3.38. The van der Waals surface area contributed by atoms with Crippen LogP contribution in [0.2, 0.25) is 0 Å². The van der Waals surface area contributed by atoms with Crippen molar-refractivity contribution in [2.24, 2.45) is 5.92 Å². The molecule has 1 aromatic carbocycles. The van der Waals surface area contributed by atoms with Gasteiger partial charge in [0.15, 0.2) is 5.11 Å². The van der Waals surface area contributed by atoms with E-state index in [0.29, 0.717) is 24.2 Å². The molecule has 2 atom stereocenters. The van der Waals surface area contributed by atoms with Crippen LogP contribution in [0, 0.1) is 11.7 Å². The van der Waals surface area contributed by atoms with Crippen LogP contribution in [0.1, 0.15) is 31.2 Å². The zero-order valence-electron chi connectivity index (χ0n) is 13.2. The Morgan fingerprint density at radius 2 is 2.00 bits per heavy atom. The van der Waals surface area contributed by atoms with Gasteiger partial charge in [-0.15, -0.1) is 0 Å². The summed E-state index contributed by atoms with van der Waals surface area (Å²) in [7, 11) is 0. The van der Waals surface area contributed by atoms with E-state index >= 15 is 0 Å². The second-order valence-corrected chi connectivity index (χ2v) is 6.67. The van der Waals surface area contributed by atoms with Crippen molar-refractivity contribution in [2.45, 2.75) is 31.7 Å². The van der Waals surface area contributed by atoms with E-state index in [1.54, 1.807) is 12.1 Å². The van der Waals surface area contributed by atoms with Crippen LogP contribution in [0.4, 0.5) is 4.39 Å². The van der Waals surface area contributed by atoms with Crippen molar-refractivity contribution in [2.75, 3.05) is 19.6 Å². The monoisotopic (exact) mass is 335 g/mol. The molecule has 0 radical (unpaired) electrons. The van der Waals surface area contributed by atoms with E-state index < -0.39 is 0 Å². The third-order valence-electron chi connectivity index (χ3n) is 4.49. The van der Waals surface area contributed by atoms with Crippen LogP contribution in [0.5, 0.6) is 0 Å². The number of thiocarbonyl (C=S) groups is 1. The lowest BCUT2D eigenvalue weighted by molar-refractivity contribution is -0.125. The number of hydrogen-bond acceptors (Lipinski definition) is 2. The van der Waals surface area contributed by atoms with Crippen molar-refractivity contribution in [1.29, 1.82) is 0 Å². The molecule has 6 heteroatoms. The van der Waals surface area contributed by atoms with Gasteiger partial charge in [-0.3, -0.25) is 4.79 Å². The molecule has 2 N–H and O–H groups in total. The molecule has 0 unspecified atom stereocenters. The molecule has 2 aliphatic rings. The van der Waals surface area contributed by atoms with Crippen LogP contribution in [0.15, 0.2) is 24.3 Å². The summed E-state index contributed by atoms with van der Waals surface area (Å²) in [5.74, 6) is -0.294. The summed E-state index contributed by atoms with van der Waals surface area (Å²) in [6, 6.07) is 6.80. The smallest absolute Gasteiger partial charge is 0.225 e. The zero-order chi connectivity index (χ0) is 16.4. The van der Waals surface area contributed by atoms with Gasteiger partial charge >= 0.3 is 0 Å². The van der Waals surface area contributed by atoms with Crippen molar-refractivity contribution in [1.82, 2.24) is 15.5 Å². The average molecular weight is 335 g/mol. The molecule has 124 valence electrons. The van der Waals surface area contributed by atoms with Gasteiger partial charge in [-0.25, -0.2) is 4.39 Å². The van der Waals surface area contributed by atoms with Crippen LogP contribution < -0.4 is 10.6 Å². The Hall–Kier alpha value is -1.69. The highest BCUT2D eigenvalue weighted by Crippen LogP contribution is 2.34. The molecule has 23 heavy (non-hydrogen) atoms. The standard InChI is InChI=1S/C17H22FN3OS/c1-2-19-17(23)21-9-14(11-3-5-12(18)6-4-11)15(10-21)16(22)20-13-7-8-13/h3-6,13-15H,2,7-10H2,1H3,(H,19,23)(H,20,22)/t14-,15-/m0/s1. The van der Waals surface area contributed by atoms with Crippen molar-refractivity contribution in [3.05, 3.63) is 35.6 Å². The lowest BCUT2D eigenvalue weighted by atomic mass is 9.88. The molecule has 2 fully saturated rings. The van der Waals surface area contributed by atoms with E-state index in [-0.39, 0.29) is 23.6 Å². The van der Waals surface area contributed by atoms with Crippen LogP contribution in [-0.2, 0) is 4.79 Å². The van der Waals surface area contributed by atoms with Gasteiger partial charge in [0, 0.05) is 31.6 Å². The predicted molar refractivity (Wildman–Crippen MR) is 91.6 cm³/mol. The van der Waals surface area contributed by atoms with Crippen LogP contribution in [0.3, 0.4) is 0 Å². The Balaban J connectivity index is 1.78. The molecule has 1 aliphatic heterocycles. The first-order valence-corrected chi connectivity index (χ1v) is 8.58. The van der Waals surface area contributed by atoms with Gasteiger partial charge in [-0.05, 0) is 49.7 Å². The molecule has 1 saturated carbocycles. The second kappa shape index (κ2) is 6.83. The minimum absolute atomic E-state index is 0.0333. The first-order valence-electron chi connectivity index (χ1n) is 8.17. The van der Waals surface area contributed by atoms with Crippen molar-refractivity contribution >= 4 is 23.2 Å². The van der Waals surface area contributed by atoms with Gasteiger partial charge in [-0.1, -0.05) is 12.1 Å². The van der Waals surface area contributed by atoms with E-state index in [1.165, 1.54) is 12.1 Å². The predicted octanol–water partition coefficient (Wildman–Crippen LogP) is 2.01. The Kier molecular flexibility index (Phi) is 4.80. The minimum Gasteiger partial charge on any atom is -0.363 e. The Bertz CT molecular complexity index is 588. The van der Waals surface area contributed by atoms with Gasteiger partial charge in [0.1, 0.15) is 5.82 Å². The molecule has 3 rings (SSSR count). The lowest BCUT2D eigenvalue weighted by Crippen LogP contribution is -2.40. The summed E-state index contributed by atoms with van der Waals surface area (Å²) in [6.07, 6.45) is 2.14. The molecule has 1 amide bonds. The number of nitrogens with one attached hydrogen (secondary N) is 2. The average Bonchev–Trinajstić information content (AvgIpc) is 3.23. The van der Waals surface area contributed by atoms with Crippen molar-refractivity contribution < 1.29 is 9.18 Å². The van der Waals surface area contributed by atoms with Gasteiger partial charge in [0.05, 0.1) is 5.92 Å². The van der Waals surface area contributed by atoms with Gasteiger partial charge in [0.25, 0.3) is 0 Å². The van der Waals surface area contributed by atoms with Gasteiger partial charge in [0.2, 0.25) is 5.91 Å². The fraction of sp³-hybridized carbons (Fsp3) is 0.529. The Labute approximate surface area is 141 Å². The number of likely N-dealkylation sites (tertiary alicyclic amines) is 1. The summed E-state index contributed by atoms with van der Waals surface area (Å²) in [4.78, 5) is 14.6. The molecule has 1 heterocycles. The number of nitrogens with zero attached hydrogens (tertiary/aromatic N) is 1. The molecular formula is C17H22FN3OS. The van der Waals surface area contributed by atoms with Crippen molar-refractivity contribution in [3.63, 3.8) is 0 Å². The molecule has 0 spiro atoms. The minimum atomic E-state index is -0.259. The highest BCUT2D eigenvalue weighted by Gasteiger charge is 2.40. The topological polar surface area (TPSA) is 44.4 Å². The summed E-state index contributed by atoms with van der Waals surface area (Å²) in [5.41, 5.74) is 0.990. The summed E-state index contributed by atoms with van der Waals surface area (Å²) < 4.78 is 13.2. The number of rotatable bonds is 4. The Morgan fingerprint density at radius 3 is 2.61 bits per heavy atom. The van der Waals surface area contributed by atoms with Crippen LogP contribution >= 0.6 is 12.2 Å². The molecule has 1 saturated heterocycles. The fourth-order valence-electron chi connectivity index (χ4n) is 3.08. The van der Waals surface area contributed by atoms with E-state index in [0.717, 1.165) is 24.9 Å². The number of amides is 1. The SMILES string of the molecule is CCNC(=S)N1C[C@H](C(=O)NC2CC2)[C@H](c2ccc(F)cc2)C1. The number of halogens is 1. The van der Waals surface area contributed by atoms with E-state index in [9.17, 15) is 9.18 Å². The quantitative estimate of drug-likeness (QED) is 0.827. The maximum atomic E-state index is 13.2.